The molecule has 0 bridgehead atoms. The molecule has 0 aliphatic rings. The van der Waals surface area contributed by atoms with E-state index >= 15 is 0 Å². The van der Waals surface area contributed by atoms with Crippen molar-refractivity contribution in [1.29, 1.82) is 0 Å². The molecular formula is C25H24N4O2S. The third kappa shape index (κ3) is 6.21. The minimum absolute atomic E-state index is 0.0623. The van der Waals surface area contributed by atoms with Crippen molar-refractivity contribution >= 4 is 29.8 Å². The number of carbonyl (C=O) groups excluding carboxylic acids is 1. The first-order valence-corrected chi connectivity index (χ1v) is 11.3. The fraction of sp³-hybridized carbons (Fsp3) is 0.160. The van der Waals surface area contributed by atoms with E-state index in [4.69, 9.17) is 4.42 Å². The van der Waals surface area contributed by atoms with Gasteiger partial charge in [0.25, 0.3) is 0 Å². The van der Waals surface area contributed by atoms with Crippen LogP contribution in [-0.2, 0) is 11.2 Å². The van der Waals surface area contributed by atoms with Crippen LogP contribution in [0.1, 0.15) is 34.5 Å². The van der Waals surface area contributed by atoms with E-state index in [1.807, 2.05) is 73.7 Å². The smallest absolute Gasteiger partial charge is 0.230 e. The van der Waals surface area contributed by atoms with Gasteiger partial charge in [-0.1, -0.05) is 72.4 Å². The third-order valence-electron chi connectivity index (χ3n) is 4.80. The summed E-state index contributed by atoms with van der Waals surface area (Å²) in [4.78, 5) is 17.1. The number of hydrogen-bond donors (Lipinski definition) is 2. The van der Waals surface area contributed by atoms with Gasteiger partial charge in [0.2, 0.25) is 11.1 Å². The van der Waals surface area contributed by atoms with Crippen molar-refractivity contribution in [3.05, 3.63) is 101 Å². The van der Waals surface area contributed by atoms with Crippen LogP contribution in [0.2, 0.25) is 0 Å². The topological polar surface area (TPSA) is 83.8 Å². The molecule has 162 valence electrons. The Morgan fingerprint density at radius 2 is 1.81 bits per heavy atom. The number of furan rings is 1. The Morgan fingerprint density at radius 1 is 1.06 bits per heavy atom. The van der Waals surface area contributed by atoms with E-state index in [1.54, 1.807) is 6.08 Å². The summed E-state index contributed by atoms with van der Waals surface area (Å²) >= 11 is 1.30. The molecule has 4 aromatic rings. The van der Waals surface area contributed by atoms with E-state index < -0.39 is 0 Å². The highest BCUT2D eigenvalue weighted by atomic mass is 32.2. The van der Waals surface area contributed by atoms with Crippen molar-refractivity contribution in [1.82, 2.24) is 20.5 Å². The average molecular weight is 445 g/mol. The molecule has 6 nitrogen and oxygen atoms in total. The number of aromatic nitrogens is 3. The largest absolute Gasteiger partial charge is 0.462 e. The number of amides is 1. The Balaban J connectivity index is 1.34. The first kappa shape index (κ1) is 21.6. The normalized spacial score (nSPS) is 12.2. The maximum atomic E-state index is 12.7. The lowest BCUT2D eigenvalue weighted by Crippen LogP contribution is -2.31. The molecule has 4 rings (SSSR count). The van der Waals surface area contributed by atoms with Crippen molar-refractivity contribution in [2.45, 2.75) is 24.5 Å². The molecule has 2 heterocycles. The number of aromatic amines is 1. The van der Waals surface area contributed by atoms with E-state index in [1.165, 1.54) is 17.3 Å². The molecule has 0 spiro atoms. The number of carbonyl (C=O) groups is 1. The highest BCUT2D eigenvalue weighted by molar-refractivity contribution is 7.99. The Bertz CT molecular complexity index is 1170. The molecule has 2 N–H and O–H groups in total. The average Bonchev–Trinajstić information content (AvgIpc) is 3.45. The molecule has 0 saturated carbocycles. The molecule has 0 aliphatic carbocycles. The minimum atomic E-state index is -0.103. The maximum absolute atomic E-state index is 12.7. The van der Waals surface area contributed by atoms with Gasteiger partial charge >= 0.3 is 0 Å². The fourth-order valence-corrected chi connectivity index (χ4v) is 3.87. The molecule has 0 fully saturated rings. The summed E-state index contributed by atoms with van der Waals surface area (Å²) in [5, 5.41) is 10.7. The predicted molar refractivity (Wildman–Crippen MR) is 127 cm³/mol. The Labute approximate surface area is 191 Å². The molecule has 1 unspecified atom stereocenters. The van der Waals surface area contributed by atoms with Gasteiger partial charge in [-0.3, -0.25) is 9.89 Å². The first-order valence-electron chi connectivity index (χ1n) is 10.3. The van der Waals surface area contributed by atoms with E-state index in [2.05, 4.69) is 32.6 Å². The molecular weight excluding hydrogens is 420 g/mol. The lowest BCUT2D eigenvalue weighted by molar-refractivity contribution is -0.119. The summed E-state index contributed by atoms with van der Waals surface area (Å²) in [6, 6.07) is 23.9. The van der Waals surface area contributed by atoms with Gasteiger partial charge in [0.1, 0.15) is 17.3 Å². The van der Waals surface area contributed by atoms with Crippen LogP contribution in [0.4, 0.5) is 0 Å². The van der Waals surface area contributed by atoms with Crippen LogP contribution >= 0.6 is 11.8 Å². The van der Waals surface area contributed by atoms with E-state index in [0.717, 1.165) is 23.5 Å². The quantitative estimate of drug-likeness (QED) is 0.352. The number of hydrogen-bond acceptors (Lipinski definition) is 5. The summed E-state index contributed by atoms with van der Waals surface area (Å²) in [6.07, 6.45) is 4.34. The van der Waals surface area contributed by atoms with E-state index in [-0.39, 0.29) is 17.7 Å². The monoisotopic (exact) mass is 444 g/mol. The second-order valence-corrected chi connectivity index (χ2v) is 8.24. The summed E-state index contributed by atoms with van der Waals surface area (Å²) in [7, 11) is 0. The van der Waals surface area contributed by atoms with Crippen LogP contribution in [0.3, 0.4) is 0 Å². The third-order valence-corrected chi connectivity index (χ3v) is 5.65. The van der Waals surface area contributed by atoms with Gasteiger partial charge in [0.15, 0.2) is 0 Å². The zero-order valence-electron chi connectivity index (χ0n) is 17.7. The minimum Gasteiger partial charge on any atom is -0.462 e. The van der Waals surface area contributed by atoms with Crippen molar-refractivity contribution in [3.8, 4) is 0 Å². The molecule has 7 heteroatoms. The summed E-state index contributed by atoms with van der Waals surface area (Å²) < 4.78 is 5.50. The summed E-state index contributed by atoms with van der Waals surface area (Å²) in [5.41, 5.74) is 2.25. The highest BCUT2D eigenvalue weighted by Crippen LogP contribution is 2.20. The number of rotatable bonds is 9. The summed E-state index contributed by atoms with van der Waals surface area (Å²) in [6.45, 7) is 1.90. The van der Waals surface area contributed by atoms with E-state index in [0.29, 0.717) is 11.0 Å². The number of nitrogens with one attached hydrogen (secondary N) is 2. The van der Waals surface area contributed by atoms with E-state index in [9.17, 15) is 4.79 Å². The van der Waals surface area contributed by atoms with Gasteiger partial charge in [-0.15, -0.1) is 5.10 Å². The van der Waals surface area contributed by atoms with Crippen molar-refractivity contribution < 1.29 is 9.21 Å². The molecule has 0 radical (unpaired) electrons. The van der Waals surface area contributed by atoms with Crippen LogP contribution < -0.4 is 5.32 Å². The molecule has 32 heavy (non-hydrogen) atoms. The zero-order chi connectivity index (χ0) is 22.2. The van der Waals surface area contributed by atoms with Crippen molar-refractivity contribution in [2.24, 2.45) is 0 Å². The van der Waals surface area contributed by atoms with Crippen molar-refractivity contribution in [2.75, 3.05) is 5.75 Å². The molecule has 1 amide bonds. The predicted octanol–water partition coefficient (Wildman–Crippen LogP) is 5.07. The molecule has 0 saturated heterocycles. The number of aryl methyl sites for hydroxylation is 1. The highest BCUT2D eigenvalue weighted by Gasteiger charge is 2.16. The Kier molecular flexibility index (Phi) is 7.19. The lowest BCUT2D eigenvalue weighted by Gasteiger charge is -2.19. The SMILES string of the molecule is Cc1ccc(/C=C/c2nc(SCC(=O)NC(Cc3ccccc3)c3ccccc3)n[nH]2)o1. The second-order valence-electron chi connectivity index (χ2n) is 7.29. The van der Waals surface area contributed by atoms with Gasteiger partial charge in [-0.2, -0.15) is 0 Å². The molecule has 0 aliphatic heterocycles. The lowest BCUT2D eigenvalue weighted by atomic mass is 9.99. The van der Waals surface area contributed by atoms with Crippen LogP contribution in [-0.4, -0.2) is 26.8 Å². The first-order chi connectivity index (χ1) is 15.7. The zero-order valence-corrected chi connectivity index (χ0v) is 18.5. The van der Waals surface area contributed by atoms with Gasteiger partial charge in [0, 0.05) is 0 Å². The summed E-state index contributed by atoms with van der Waals surface area (Å²) in [5.74, 6) is 2.38. The number of nitrogens with zero attached hydrogens (tertiary/aromatic N) is 2. The van der Waals surface area contributed by atoms with Crippen LogP contribution in [0, 0.1) is 6.92 Å². The van der Waals surface area contributed by atoms with Gasteiger partial charge in [-0.05, 0) is 48.8 Å². The van der Waals surface area contributed by atoms with Crippen molar-refractivity contribution in [3.63, 3.8) is 0 Å². The number of benzene rings is 2. The van der Waals surface area contributed by atoms with Gasteiger partial charge in [-0.25, -0.2) is 4.98 Å². The number of thioether (sulfide) groups is 1. The molecule has 1 atom stereocenters. The second kappa shape index (κ2) is 10.6. The van der Waals surface area contributed by atoms with Crippen LogP contribution in [0.15, 0.2) is 82.4 Å². The van der Waals surface area contributed by atoms with Crippen LogP contribution in [0.25, 0.3) is 12.2 Å². The Hall–Kier alpha value is -3.58. The standard InChI is InChI=1S/C25H24N4O2S/c1-18-12-13-21(31-18)14-15-23-27-25(29-28-23)32-17-24(30)26-22(20-10-6-3-7-11-20)16-19-8-4-2-5-9-19/h2-15,22H,16-17H2,1H3,(H,26,30)(H,27,28,29)/b15-14+. The number of H-pyrrole nitrogens is 1. The Morgan fingerprint density at radius 3 is 2.53 bits per heavy atom. The maximum Gasteiger partial charge on any atom is 0.230 e. The molecule has 2 aromatic carbocycles. The fourth-order valence-electron chi connectivity index (χ4n) is 3.25. The van der Waals surface area contributed by atoms with Gasteiger partial charge in [0.05, 0.1) is 11.8 Å². The molecule has 2 aromatic heterocycles. The van der Waals surface area contributed by atoms with Gasteiger partial charge < -0.3 is 9.73 Å². The van der Waals surface area contributed by atoms with Crippen LogP contribution in [0.5, 0.6) is 0 Å².